The lowest BCUT2D eigenvalue weighted by molar-refractivity contribution is 0.439. The standard InChI is InChI=1S/C16H16BrN/c17-14-7-5-12(6-8-14)11-16(18)10-9-13-3-1-2-4-15(13)16/h1-8H,9-11,18H2. The molecule has 0 aromatic heterocycles. The molecule has 18 heavy (non-hydrogen) atoms. The monoisotopic (exact) mass is 301 g/mol. The van der Waals surface area contributed by atoms with Gasteiger partial charge in [-0.15, -0.1) is 0 Å². The molecule has 1 atom stereocenters. The van der Waals surface area contributed by atoms with Crippen molar-refractivity contribution in [1.29, 1.82) is 0 Å². The van der Waals surface area contributed by atoms with Gasteiger partial charge in [0.25, 0.3) is 0 Å². The lowest BCUT2D eigenvalue weighted by Crippen LogP contribution is -2.36. The number of fused-ring (bicyclic) bond motifs is 1. The molecule has 1 unspecified atom stereocenters. The third-order valence-corrected chi connectivity index (χ3v) is 4.36. The highest BCUT2D eigenvalue weighted by Gasteiger charge is 2.34. The number of hydrogen-bond acceptors (Lipinski definition) is 1. The summed E-state index contributed by atoms with van der Waals surface area (Å²) in [6.07, 6.45) is 3.06. The van der Waals surface area contributed by atoms with E-state index in [1.54, 1.807) is 0 Å². The van der Waals surface area contributed by atoms with E-state index in [2.05, 4.69) is 64.5 Å². The molecule has 1 nitrogen and oxygen atoms in total. The molecular weight excluding hydrogens is 286 g/mol. The minimum Gasteiger partial charge on any atom is -0.321 e. The Balaban J connectivity index is 1.91. The molecule has 2 aromatic carbocycles. The molecule has 92 valence electrons. The van der Waals surface area contributed by atoms with Crippen LogP contribution in [0.4, 0.5) is 0 Å². The Morgan fingerprint density at radius 1 is 1.06 bits per heavy atom. The summed E-state index contributed by atoms with van der Waals surface area (Å²) >= 11 is 3.47. The van der Waals surface area contributed by atoms with E-state index in [0.717, 1.165) is 23.7 Å². The Morgan fingerprint density at radius 2 is 1.78 bits per heavy atom. The van der Waals surface area contributed by atoms with Crippen molar-refractivity contribution in [3.05, 3.63) is 69.7 Å². The minimum absolute atomic E-state index is 0.190. The second kappa shape index (κ2) is 4.52. The molecule has 0 fully saturated rings. The van der Waals surface area contributed by atoms with Gasteiger partial charge in [-0.2, -0.15) is 0 Å². The van der Waals surface area contributed by atoms with Gasteiger partial charge in [-0.05, 0) is 48.1 Å². The zero-order valence-electron chi connectivity index (χ0n) is 10.2. The largest absolute Gasteiger partial charge is 0.321 e. The van der Waals surface area contributed by atoms with E-state index in [9.17, 15) is 0 Å². The third-order valence-electron chi connectivity index (χ3n) is 3.83. The fourth-order valence-electron chi connectivity index (χ4n) is 2.87. The van der Waals surface area contributed by atoms with Crippen molar-refractivity contribution in [2.75, 3.05) is 0 Å². The maximum atomic E-state index is 6.63. The molecule has 0 aliphatic heterocycles. The highest BCUT2D eigenvalue weighted by Crippen LogP contribution is 2.37. The van der Waals surface area contributed by atoms with E-state index in [1.165, 1.54) is 16.7 Å². The van der Waals surface area contributed by atoms with Crippen LogP contribution < -0.4 is 5.73 Å². The molecule has 2 N–H and O–H groups in total. The second-order valence-corrected chi connectivity index (χ2v) is 6.03. The summed E-state index contributed by atoms with van der Waals surface area (Å²) in [5, 5.41) is 0. The summed E-state index contributed by atoms with van der Waals surface area (Å²) in [5.41, 5.74) is 10.5. The van der Waals surface area contributed by atoms with Crippen molar-refractivity contribution >= 4 is 15.9 Å². The summed E-state index contributed by atoms with van der Waals surface area (Å²) in [6, 6.07) is 17.0. The zero-order chi connectivity index (χ0) is 12.6. The molecule has 1 aliphatic carbocycles. The Hall–Kier alpha value is -1.12. The minimum atomic E-state index is -0.190. The van der Waals surface area contributed by atoms with Gasteiger partial charge in [-0.3, -0.25) is 0 Å². The fourth-order valence-corrected chi connectivity index (χ4v) is 3.13. The van der Waals surface area contributed by atoms with Crippen LogP contribution in [0.2, 0.25) is 0 Å². The summed E-state index contributed by atoms with van der Waals surface area (Å²) in [7, 11) is 0. The van der Waals surface area contributed by atoms with E-state index in [1.807, 2.05) is 0 Å². The Kier molecular flexibility index (Phi) is 3.00. The van der Waals surface area contributed by atoms with Gasteiger partial charge < -0.3 is 5.73 Å². The van der Waals surface area contributed by atoms with Crippen LogP contribution in [0.1, 0.15) is 23.1 Å². The summed E-state index contributed by atoms with van der Waals surface area (Å²) in [5.74, 6) is 0. The van der Waals surface area contributed by atoms with Crippen LogP contribution in [0.25, 0.3) is 0 Å². The van der Waals surface area contributed by atoms with Crippen LogP contribution in [0.3, 0.4) is 0 Å². The third kappa shape index (κ3) is 2.11. The van der Waals surface area contributed by atoms with Crippen molar-refractivity contribution in [3.8, 4) is 0 Å². The van der Waals surface area contributed by atoms with Crippen molar-refractivity contribution < 1.29 is 0 Å². The molecule has 0 spiro atoms. The van der Waals surface area contributed by atoms with Crippen LogP contribution >= 0.6 is 15.9 Å². The van der Waals surface area contributed by atoms with Crippen LogP contribution in [0, 0.1) is 0 Å². The lowest BCUT2D eigenvalue weighted by atomic mass is 9.86. The van der Waals surface area contributed by atoms with E-state index < -0.39 is 0 Å². The molecule has 2 heteroatoms. The summed E-state index contributed by atoms with van der Waals surface area (Å²) in [6.45, 7) is 0. The van der Waals surface area contributed by atoms with Gasteiger partial charge in [0.15, 0.2) is 0 Å². The predicted molar refractivity (Wildman–Crippen MR) is 78.5 cm³/mol. The molecule has 0 saturated heterocycles. The lowest BCUT2D eigenvalue weighted by Gasteiger charge is -2.25. The Bertz CT molecular complexity index is 562. The van der Waals surface area contributed by atoms with Gasteiger partial charge in [-0.1, -0.05) is 52.3 Å². The van der Waals surface area contributed by atoms with Crippen molar-refractivity contribution in [2.45, 2.75) is 24.8 Å². The van der Waals surface area contributed by atoms with Gasteiger partial charge in [-0.25, -0.2) is 0 Å². The van der Waals surface area contributed by atoms with E-state index in [-0.39, 0.29) is 5.54 Å². The molecule has 1 aliphatic rings. The first-order valence-electron chi connectivity index (χ1n) is 6.29. The first kappa shape index (κ1) is 11.9. The van der Waals surface area contributed by atoms with Crippen molar-refractivity contribution in [3.63, 3.8) is 0 Å². The molecule has 0 heterocycles. The normalized spacial score (nSPS) is 21.9. The fraction of sp³-hybridized carbons (Fsp3) is 0.250. The van der Waals surface area contributed by atoms with E-state index >= 15 is 0 Å². The Morgan fingerprint density at radius 3 is 2.56 bits per heavy atom. The van der Waals surface area contributed by atoms with Gasteiger partial charge in [0.05, 0.1) is 0 Å². The number of benzene rings is 2. The average molecular weight is 302 g/mol. The average Bonchev–Trinajstić information content (AvgIpc) is 2.71. The van der Waals surface area contributed by atoms with E-state index in [0.29, 0.717) is 0 Å². The highest BCUT2D eigenvalue weighted by molar-refractivity contribution is 9.10. The number of halogens is 1. The number of nitrogens with two attached hydrogens (primary N) is 1. The highest BCUT2D eigenvalue weighted by atomic mass is 79.9. The zero-order valence-corrected chi connectivity index (χ0v) is 11.8. The van der Waals surface area contributed by atoms with Crippen LogP contribution in [0.5, 0.6) is 0 Å². The molecule has 3 rings (SSSR count). The first-order valence-corrected chi connectivity index (χ1v) is 7.08. The molecular formula is C16H16BrN. The van der Waals surface area contributed by atoms with Gasteiger partial charge >= 0.3 is 0 Å². The summed E-state index contributed by atoms with van der Waals surface area (Å²) < 4.78 is 1.11. The van der Waals surface area contributed by atoms with Crippen LogP contribution in [-0.4, -0.2) is 0 Å². The number of hydrogen-bond donors (Lipinski definition) is 1. The quantitative estimate of drug-likeness (QED) is 0.897. The Labute approximate surface area is 116 Å². The smallest absolute Gasteiger partial charge is 0.0456 e. The molecule has 0 bridgehead atoms. The molecule has 0 saturated carbocycles. The number of rotatable bonds is 2. The first-order chi connectivity index (χ1) is 8.67. The maximum Gasteiger partial charge on any atom is 0.0456 e. The van der Waals surface area contributed by atoms with Gasteiger partial charge in [0.1, 0.15) is 0 Å². The van der Waals surface area contributed by atoms with E-state index in [4.69, 9.17) is 5.73 Å². The molecule has 2 aromatic rings. The van der Waals surface area contributed by atoms with Crippen LogP contribution in [0.15, 0.2) is 53.0 Å². The summed E-state index contributed by atoms with van der Waals surface area (Å²) in [4.78, 5) is 0. The predicted octanol–water partition coefficient (Wildman–Crippen LogP) is 3.79. The second-order valence-electron chi connectivity index (χ2n) is 5.12. The molecule has 0 radical (unpaired) electrons. The maximum absolute atomic E-state index is 6.63. The molecule has 0 amide bonds. The van der Waals surface area contributed by atoms with Crippen LogP contribution in [-0.2, 0) is 18.4 Å². The SMILES string of the molecule is NC1(Cc2ccc(Br)cc2)CCc2ccccc21. The van der Waals surface area contributed by atoms with Gasteiger partial charge in [0.2, 0.25) is 0 Å². The number of aryl methyl sites for hydroxylation is 1. The van der Waals surface area contributed by atoms with Crippen molar-refractivity contribution in [1.82, 2.24) is 0 Å². The topological polar surface area (TPSA) is 26.0 Å². The van der Waals surface area contributed by atoms with Gasteiger partial charge in [0, 0.05) is 10.0 Å². The van der Waals surface area contributed by atoms with Crippen molar-refractivity contribution in [2.24, 2.45) is 5.73 Å².